The van der Waals surface area contributed by atoms with E-state index in [2.05, 4.69) is 24.1 Å². The lowest BCUT2D eigenvalue weighted by atomic mass is 10.0. The van der Waals surface area contributed by atoms with Gasteiger partial charge in [0, 0.05) is 31.6 Å². The van der Waals surface area contributed by atoms with Crippen molar-refractivity contribution in [2.75, 3.05) is 13.1 Å². The molecule has 3 heteroatoms. The molecule has 0 radical (unpaired) electrons. The van der Waals surface area contributed by atoms with Crippen molar-refractivity contribution in [3.8, 4) is 0 Å². The van der Waals surface area contributed by atoms with Gasteiger partial charge in [-0.3, -0.25) is 4.79 Å². The molecule has 0 aromatic rings. The second kappa shape index (κ2) is 5.17. The van der Waals surface area contributed by atoms with E-state index in [9.17, 15) is 4.79 Å². The average Bonchev–Trinajstić information content (AvgIpc) is 2.57. The standard InChI is InChI=1S/C13H24N2O/c1-3-10(2)8-13(16)15-7-6-11-4-5-12(9-15)14-11/h10-12,14H,3-9H2,1-2H3. The third-order valence-electron chi connectivity index (χ3n) is 4.10. The number of rotatable bonds is 3. The highest BCUT2D eigenvalue weighted by Crippen LogP contribution is 2.21. The molecule has 2 fully saturated rings. The minimum absolute atomic E-state index is 0.365. The maximum atomic E-state index is 12.1. The Balaban J connectivity index is 1.87. The fraction of sp³-hybridized carbons (Fsp3) is 0.923. The van der Waals surface area contributed by atoms with E-state index >= 15 is 0 Å². The number of amides is 1. The van der Waals surface area contributed by atoms with Gasteiger partial charge in [-0.15, -0.1) is 0 Å². The number of nitrogens with zero attached hydrogens (tertiary/aromatic N) is 1. The highest BCUT2D eigenvalue weighted by molar-refractivity contribution is 5.76. The summed E-state index contributed by atoms with van der Waals surface area (Å²) < 4.78 is 0. The number of hydrogen-bond donors (Lipinski definition) is 1. The number of likely N-dealkylation sites (tertiary alicyclic amines) is 1. The molecule has 2 aliphatic rings. The van der Waals surface area contributed by atoms with Crippen molar-refractivity contribution in [1.82, 2.24) is 10.2 Å². The Labute approximate surface area is 98.6 Å². The molecule has 0 aromatic carbocycles. The minimum Gasteiger partial charge on any atom is -0.341 e. The van der Waals surface area contributed by atoms with Crippen molar-refractivity contribution in [3.05, 3.63) is 0 Å². The first-order chi connectivity index (χ1) is 7.69. The van der Waals surface area contributed by atoms with Crippen molar-refractivity contribution < 1.29 is 4.79 Å². The molecule has 3 nitrogen and oxygen atoms in total. The summed E-state index contributed by atoms with van der Waals surface area (Å²) in [6, 6.07) is 1.24. The van der Waals surface area contributed by atoms with Gasteiger partial charge < -0.3 is 10.2 Å². The van der Waals surface area contributed by atoms with E-state index in [1.807, 2.05) is 0 Å². The second-order valence-corrected chi connectivity index (χ2v) is 5.48. The summed E-state index contributed by atoms with van der Waals surface area (Å²) >= 11 is 0. The Morgan fingerprint density at radius 1 is 1.38 bits per heavy atom. The minimum atomic E-state index is 0.365. The van der Waals surface area contributed by atoms with Crippen LogP contribution in [0.2, 0.25) is 0 Å². The van der Waals surface area contributed by atoms with Crippen LogP contribution >= 0.6 is 0 Å². The van der Waals surface area contributed by atoms with Crippen LogP contribution in [0.1, 0.15) is 46.0 Å². The summed E-state index contributed by atoms with van der Waals surface area (Å²) in [6.07, 6.45) is 5.52. The molecule has 2 bridgehead atoms. The lowest BCUT2D eigenvalue weighted by Crippen LogP contribution is -2.39. The Kier molecular flexibility index (Phi) is 3.85. The molecule has 2 rings (SSSR count). The maximum absolute atomic E-state index is 12.1. The molecule has 2 aliphatic heterocycles. The van der Waals surface area contributed by atoms with Gasteiger partial charge in [0.25, 0.3) is 0 Å². The lowest BCUT2D eigenvalue weighted by molar-refractivity contribution is -0.132. The van der Waals surface area contributed by atoms with Crippen LogP contribution in [0.25, 0.3) is 0 Å². The largest absolute Gasteiger partial charge is 0.341 e. The zero-order valence-corrected chi connectivity index (χ0v) is 10.5. The predicted molar refractivity (Wildman–Crippen MR) is 65.2 cm³/mol. The molecule has 2 saturated heterocycles. The molecule has 3 atom stereocenters. The first kappa shape index (κ1) is 11.9. The molecular formula is C13H24N2O. The highest BCUT2D eigenvalue weighted by Gasteiger charge is 2.31. The van der Waals surface area contributed by atoms with Crippen LogP contribution < -0.4 is 5.32 Å². The highest BCUT2D eigenvalue weighted by atomic mass is 16.2. The van der Waals surface area contributed by atoms with Crippen molar-refractivity contribution >= 4 is 5.91 Å². The van der Waals surface area contributed by atoms with Crippen LogP contribution in [0.3, 0.4) is 0 Å². The molecule has 0 spiro atoms. The molecule has 0 aromatic heterocycles. The van der Waals surface area contributed by atoms with E-state index in [-0.39, 0.29) is 0 Å². The zero-order chi connectivity index (χ0) is 11.5. The zero-order valence-electron chi connectivity index (χ0n) is 10.5. The van der Waals surface area contributed by atoms with Crippen LogP contribution in [0.4, 0.5) is 0 Å². The van der Waals surface area contributed by atoms with Crippen LogP contribution in [0.15, 0.2) is 0 Å². The van der Waals surface area contributed by atoms with Gasteiger partial charge >= 0.3 is 0 Å². The number of carbonyl (C=O) groups is 1. The molecule has 92 valence electrons. The Hall–Kier alpha value is -0.570. The molecule has 16 heavy (non-hydrogen) atoms. The summed E-state index contributed by atoms with van der Waals surface area (Å²) in [4.78, 5) is 14.2. The summed E-state index contributed by atoms with van der Waals surface area (Å²) in [5, 5.41) is 3.61. The molecule has 3 unspecified atom stereocenters. The van der Waals surface area contributed by atoms with E-state index in [0.29, 0.717) is 23.9 Å². The van der Waals surface area contributed by atoms with Gasteiger partial charge in [0.2, 0.25) is 5.91 Å². The van der Waals surface area contributed by atoms with Crippen LogP contribution in [0, 0.1) is 5.92 Å². The smallest absolute Gasteiger partial charge is 0.222 e. The summed E-state index contributed by atoms with van der Waals surface area (Å²) in [6.45, 7) is 6.22. The Morgan fingerprint density at radius 3 is 2.88 bits per heavy atom. The second-order valence-electron chi connectivity index (χ2n) is 5.48. The normalized spacial score (nSPS) is 31.2. The topological polar surface area (TPSA) is 32.3 Å². The third-order valence-corrected chi connectivity index (χ3v) is 4.10. The fourth-order valence-corrected chi connectivity index (χ4v) is 2.74. The number of hydrogen-bond acceptors (Lipinski definition) is 2. The van der Waals surface area contributed by atoms with Crippen molar-refractivity contribution in [3.63, 3.8) is 0 Å². The van der Waals surface area contributed by atoms with Gasteiger partial charge in [-0.1, -0.05) is 20.3 Å². The van der Waals surface area contributed by atoms with Crippen LogP contribution in [-0.4, -0.2) is 36.0 Å². The quantitative estimate of drug-likeness (QED) is 0.792. The van der Waals surface area contributed by atoms with E-state index in [1.54, 1.807) is 0 Å². The first-order valence-electron chi connectivity index (χ1n) is 6.73. The van der Waals surface area contributed by atoms with Crippen molar-refractivity contribution in [2.24, 2.45) is 5.92 Å². The van der Waals surface area contributed by atoms with Gasteiger partial charge in [0.1, 0.15) is 0 Å². The van der Waals surface area contributed by atoms with Gasteiger partial charge in [-0.2, -0.15) is 0 Å². The molecular weight excluding hydrogens is 200 g/mol. The van der Waals surface area contributed by atoms with Crippen molar-refractivity contribution in [2.45, 2.75) is 58.0 Å². The van der Waals surface area contributed by atoms with E-state index in [4.69, 9.17) is 0 Å². The van der Waals surface area contributed by atoms with E-state index in [0.717, 1.165) is 32.4 Å². The Morgan fingerprint density at radius 2 is 2.12 bits per heavy atom. The SMILES string of the molecule is CCC(C)CC(=O)N1CCC2CCC(C1)N2. The number of nitrogens with one attached hydrogen (secondary N) is 1. The molecule has 1 amide bonds. The molecule has 0 aliphatic carbocycles. The van der Waals surface area contributed by atoms with Gasteiger partial charge in [-0.25, -0.2) is 0 Å². The summed E-state index contributed by atoms with van der Waals surface area (Å²) in [5.74, 6) is 0.893. The monoisotopic (exact) mass is 224 g/mol. The Bertz CT molecular complexity index is 254. The molecule has 2 heterocycles. The third kappa shape index (κ3) is 2.76. The first-order valence-corrected chi connectivity index (χ1v) is 6.73. The predicted octanol–water partition coefficient (Wildman–Crippen LogP) is 1.78. The van der Waals surface area contributed by atoms with Crippen LogP contribution in [0.5, 0.6) is 0 Å². The maximum Gasteiger partial charge on any atom is 0.222 e. The number of carbonyl (C=O) groups excluding carboxylic acids is 1. The van der Waals surface area contributed by atoms with E-state index in [1.165, 1.54) is 12.8 Å². The molecule has 1 N–H and O–H groups in total. The van der Waals surface area contributed by atoms with E-state index < -0.39 is 0 Å². The summed E-state index contributed by atoms with van der Waals surface area (Å²) in [7, 11) is 0. The van der Waals surface area contributed by atoms with Crippen molar-refractivity contribution in [1.29, 1.82) is 0 Å². The van der Waals surface area contributed by atoms with Gasteiger partial charge in [0.05, 0.1) is 0 Å². The van der Waals surface area contributed by atoms with Gasteiger partial charge in [-0.05, 0) is 25.2 Å². The lowest BCUT2D eigenvalue weighted by Gasteiger charge is -2.25. The summed E-state index contributed by atoms with van der Waals surface area (Å²) in [5.41, 5.74) is 0. The van der Waals surface area contributed by atoms with Gasteiger partial charge in [0.15, 0.2) is 0 Å². The average molecular weight is 224 g/mol. The number of fused-ring (bicyclic) bond motifs is 2. The molecule has 0 saturated carbocycles. The van der Waals surface area contributed by atoms with Crippen LogP contribution in [-0.2, 0) is 4.79 Å². The fourth-order valence-electron chi connectivity index (χ4n) is 2.74.